The fraction of sp³-hybridized carbons (Fsp3) is 0.632. The number of rotatable bonds is 5. The topological polar surface area (TPSA) is 30.9 Å². The minimum absolute atomic E-state index is 0.627. The average Bonchev–Trinajstić information content (AvgIpc) is 2.98. The van der Waals surface area contributed by atoms with E-state index >= 15 is 0 Å². The average molecular weight is 314 g/mol. The number of nitrogens with one attached hydrogen (secondary N) is 1. The standard InChI is InChI=1S/C19H30N4/c1-20-18(23-13-11-19(16-23)9-6-10-19)21-12-14-22(2)15-17-7-4-3-5-8-17/h3-5,7-8H,6,9-16H2,1-2H3,(H,20,21). The summed E-state index contributed by atoms with van der Waals surface area (Å²) in [5.74, 6) is 1.09. The van der Waals surface area contributed by atoms with Crippen molar-refractivity contribution in [2.24, 2.45) is 10.4 Å². The van der Waals surface area contributed by atoms with Crippen LogP contribution in [0.1, 0.15) is 31.2 Å². The van der Waals surface area contributed by atoms with Gasteiger partial charge >= 0.3 is 0 Å². The predicted octanol–water partition coefficient (Wildman–Crippen LogP) is 2.57. The highest BCUT2D eigenvalue weighted by Gasteiger charge is 2.43. The second kappa shape index (κ2) is 7.35. The predicted molar refractivity (Wildman–Crippen MR) is 96.6 cm³/mol. The number of likely N-dealkylation sites (tertiary alicyclic amines) is 1. The summed E-state index contributed by atoms with van der Waals surface area (Å²) in [6.45, 7) is 5.33. The number of hydrogen-bond acceptors (Lipinski definition) is 2. The first-order valence-electron chi connectivity index (χ1n) is 8.89. The van der Waals surface area contributed by atoms with Crippen molar-refractivity contribution in [2.45, 2.75) is 32.2 Å². The van der Waals surface area contributed by atoms with Crippen LogP contribution in [0.4, 0.5) is 0 Å². The van der Waals surface area contributed by atoms with Gasteiger partial charge in [-0.1, -0.05) is 36.8 Å². The molecule has 2 fully saturated rings. The van der Waals surface area contributed by atoms with E-state index in [1.165, 1.54) is 44.3 Å². The molecule has 1 aliphatic carbocycles. The summed E-state index contributed by atoms with van der Waals surface area (Å²) < 4.78 is 0. The van der Waals surface area contributed by atoms with Gasteiger partial charge in [0.2, 0.25) is 0 Å². The Kier molecular flexibility index (Phi) is 5.21. The molecule has 1 saturated heterocycles. The number of benzene rings is 1. The first-order chi connectivity index (χ1) is 11.2. The lowest BCUT2D eigenvalue weighted by atomic mass is 9.68. The maximum Gasteiger partial charge on any atom is 0.193 e. The third-order valence-corrected chi connectivity index (χ3v) is 5.44. The van der Waals surface area contributed by atoms with Crippen LogP contribution in [0, 0.1) is 5.41 Å². The lowest BCUT2D eigenvalue weighted by Gasteiger charge is -2.38. The molecule has 0 atom stereocenters. The van der Waals surface area contributed by atoms with Crippen molar-refractivity contribution in [1.29, 1.82) is 0 Å². The van der Waals surface area contributed by atoms with E-state index in [2.05, 4.69) is 57.5 Å². The molecule has 1 heterocycles. The van der Waals surface area contributed by atoms with Gasteiger partial charge in [0, 0.05) is 39.8 Å². The van der Waals surface area contributed by atoms with Gasteiger partial charge in [0.15, 0.2) is 5.96 Å². The minimum Gasteiger partial charge on any atom is -0.355 e. The number of guanidine groups is 1. The van der Waals surface area contributed by atoms with Gasteiger partial charge in [-0.2, -0.15) is 0 Å². The van der Waals surface area contributed by atoms with E-state index in [1.807, 2.05) is 7.05 Å². The van der Waals surface area contributed by atoms with E-state index in [0.717, 1.165) is 25.6 Å². The van der Waals surface area contributed by atoms with Crippen LogP contribution in [-0.4, -0.2) is 56.0 Å². The van der Waals surface area contributed by atoms with Gasteiger partial charge in [0.05, 0.1) is 0 Å². The van der Waals surface area contributed by atoms with Crippen molar-refractivity contribution in [3.63, 3.8) is 0 Å². The minimum atomic E-state index is 0.627. The molecular weight excluding hydrogens is 284 g/mol. The molecule has 1 aliphatic heterocycles. The Hall–Kier alpha value is -1.55. The van der Waals surface area contributed by atoms with Crippen LogP contribution >= 0.6 is 0 Å². The Bertz CT molecular complexity index is 521. The summed E-state index contributed by atoms with van der Waals surface area (Å²) in [4.78, 5) is 9.30. The molecule has 1 spiro atoms. The maximum absolute atomic E-state index is 4.49. The number of aliphatic imine (C=N–C) groups is 1. The molecule has 0 aromatic heterocycles. The first kappa shape index (κ1) is 16.3. The van der Waals surface area contributed by atoms with Crippen LogP contribution in [-0.2, 0) is 6.54 Å². The molecule has 0 unspecified atom stereocenters. The normalized spacial score (nSPS) is 20.1. The van der Waals surface area contributed by atoms with Crippen molar-refractivity contribution in [1.82, 2.24) is 15.1 Å². The van der Waals surface area contributed by atoms with Crippen LogP contribution in [0.25, 0.3) is 0 Å². The zero-order valence-corrected chi connectivity index (χ0v) is 14.6. The molecule has 3 rings (SSSR count). The van der Waals surface area contributed by atoms with Crippen molar-refractivity contribution < 1.29 is 0 Å². The van der Waals surface area contributed by atoms with Crippen LogP contribution in [0.15, 0.2) is 35.3 Å². The molecule has 1 N–H and O–H groups in total. The lowest BCUT2D eigenvalue weighted by Crippen LogP contribution is -2.44. The summed E-state index contributed by atoms with van der Waals surface area (Å²) >= 11 is 0. The molecule has 23 heavy (non-hydrogen) atoms. The lowest BCUT2D eigenvalue weighted by molar-refractivity contribution is 0.151. The first-order valence-corrected chi connectivity index (χ1v) is 8.89. The van der Waals surface area contributed by atoms with E-state index in [0.29, 0.717) is 5.41 Å². The summed E-state index contributed by atoms with van der Waals surface area (Å²) in [5, 5.41) is 3.55. The van der Waals surface area contributed by atoms with Gasteiger partial charge in [-0.05, 0) is 37.3 Å². The highest BCUT2D eigenvalue weighted by Crippen LogP contribution is 2.47. The fourth-order valence-electron chi connectivity index (χ4n) is 3.87. The van der Waals surface area contributed by atoms with Crippen LogP contribution < -0.4 is 5.32 Å². The van der Waals surface area contributed by atoms with Gasteiger partial charge in [-0.25, -0.2) is 0 Å². The molecule has 1 aromatic carbocycles. The van der Waals surface area contributed by atoms with Gasteiger partial charge in [-0.15, -0.1) is 0 Å². The SMILES string of the molecule is CN=C(NCCN(C)Cc1ccccc1)N1CCC2(CCC2)C1. The van der Waals surface area contributed by atoms with E-state index < -0.39 is 0 Å². The van der Waals surface area contributed by atoms with E-state index in [-0.39, 0.29) is 0 Å². The van der Waals surface area contributed by atoms with Crippen molar-refractivity contribution in [3.05, 3.63) is 35.9 Å². The Morgan fingerprint density at radius 1 is 1.26 bits per heavy atom. The van der Waals surface area contributed by atoms with Crippen molar-refractivity contribution in [2.75, 3.05) is 40.3 Å². The summed E-state index contributed by atoms with van der Waals surface area (Å²) in [7, 11) is 4.08. The molecule has 4 nitrogen and oxygen atoms in total. The zero-order chi connectivity index (χ0) is 16.1. The summed E-state index contributed by atoms with van der Waals surface area (Å²) in [5.41, 5.74) is 1.99. The molecule has 0 bridgehead atoms. The van der Waals surface area contributed by atoms with Gasteiger partial charge < -0.3 is 15.1 Å². The Labute approximate surface area is 140 Å². The molecule has 0 amide bonds. The monoisotopic (exact) mass is 314 g/mol. The Balaban J connectivity index is 1.40. The molecule has 126 valence electrons. The zero-order valence-electron chi connectivity index (χ0n) is 14.6. The highest BCUT2D eigenvalue weighted by atomic mass is 15.3. The maximum atomic E-state index is 4.49. The second-order valence-corrected chi connectivity index (χ2v) is 7.22. The smallest absolute Gasteiger partial charge is 0.193 e. The Morgan fingerprint density at radius 2 is 2.04 bits per heavy atom. The van der Waals surface area contributed by atoms with E-state index in [9.17, 15) is 0 Å². The van der Waals surface area contributed by atoms with Gasteiger partial charge in [0.1, 0.15) is 0 Å². The molecule has 0 radical (unpaired) electrons. The van der Waals surface area contributed by atoms with Crippen molar-refractivity contribution >= 4 is 5.96 Å². The van der Waals surface area contributed by atoms with Crippen LogP contribution in [0.3, 0.4) is 0 Å². The largest absolute Gasteiger partial charge is 0.355 e. The number of hydrogen-bond donors (Lipinski definition) is 1. The van der Waals surface area contributed by atoms with Crippen LogP contribution in [0.2, 0.25) is 0 Å². The molecule has 1 saturated carbocycles. The number of nitrogens with zero attached hydrogens (tertiary/aromatic N) is 3. The molecule has 4 heteroatoms. The summed E-state index contributed by atoms with van der Waals surface area (Å²) in [6, 6.07) is 10.6. The van der Waals surface area contributed by atoms with Crippen molar-refractivity contribution in [3.8, 4) is 0 Å². The third kappa shape index (κ3) is 4.05. The summed E-state index contributed by atoms with van der Waals surface area (Å²) in [6.07, 6.45) is 5.60. The quantitative estimate of drug-likeness (QED) is 0.669. The van der Waals surface area contributed by atoms with Gasteiger partial charge in [-0.3, -0.25) is 4.99 Å². The molecule has 1 aromatic rings. The van der Waals surface area contributed by atoms with Gasteiger partial charge in [0.25, 0.3) is 0 Å². The molecule has 2 aliphatic rings. The van der Waals surface area contributed by atoms with E-state index in [4.69, 9.17) is 0 Å². The van der Waals surface area contributed by atoms with E-state index in [1.54, 1.807) is 0 Å². The molecular formula is C19H30N4. The second-order valence-electron chi connectivity index (χ2n) is 7.22. The fourth-order valence-corrected chi connectivity index (χ4v) is 3.87. The van der Waals surface area contributed by atoms with Crippen LogP contribution in [0.5, 0.6) is 0 Å². The Morgan fingerprint density at radius 3 is 2.65 bits per heavy atom. The number of likely N-dealkylation sites (N-methyl/N-ethyl adjacent to an activating group) is 1. The third-order valence-electron chi connectivity index (χ3n) is 5.44. The highest BCUT2D eigenvalue weighted by molar-refractivity contribution is 5.80.